The maximum atomic E-state index is 14.0. The molecule has 0 heterocycles. The van der Waals surface area contributed by atoms with Gasteiger partial charge in [-0.2, -0.15) is 0 Å². The third kappa shape index (κ3) is 5.51. The lowest BCUT2D eigenvalue weighted by Crippen LogP contribution is -2.13. The van der Waals surface area contributed by atoms with Gasteiger partial charge in [-0.1, -0.05) is 126 Å². The summed E-state index contributed by atoms with van der Waals surface area (Å²) >= 11 is 0. The molecule has 36 heavy (non-hydrogen) atoms. The van der Waals surface area contributed by atoms with Crippen LogP contribution in [0.25, 0.3) is 22.3 Å². The Morgan fingerprint density at radius 2 is 1.11 bits per heavy atom. The first-order valence-corrected chi connectivity index (χ1v) is 13.2. The zero-order chi connectivity index (χ0) is 25.8. The van der Waals surface area contributed by atoms with Crippen molar-refractivity contribution in [2.45, 2.75) is 65.7 Å². The molecule has 0 aromatic heterocycles. The van der Waals surface area contributed by atoms with Gasteiger partial charge in [0.05, 0.1) is 0 Å². The number of hydrogen-bond donors (Lipinski definition) is 0. The summed E-state index contributed by atoms with van der Waals surface area (Å²) in [5.74, 6) is 1.35. The van der Waals surface area contributed by atoms with E-state index in [1.807, 2.05) is 30.3 Å². The van der Waals surface area contributed by atoms with E-state index in [-0.39, 0.29) is 5.78 Å². The van der Waals surface area contributed by atoms with E-state index in [0.29, 0.717) is 24.2 Å². The zero-order valence-electron chi connectivity index (χ0n) is 22.5. The smallest absolute Gasteiger partial charge is 0.167 e. The maximum Gasteiger partial charge on any atom is 0.167 e. The van der Waals surface area contributed by atoms with Crippen LogP contribution in [0.1, 0.15) is 91.9 Å². The number of carbonyl (C=O) groups excluding carboxylic acids is 1. The maximum absolute atomic E-state index is 14.0. The monoisotopic (exact) mass is 474 g/mol. The number of rotatable bonds is 8. The lowest BCUT2D eigenvalue weighted by Gasteiger charge is -2.23. The van der Waals surface area contributed by atoms with Crippen molar-refractivity contribution in [3.63, 3.8) is 0 Å². The topological polar surface area (TPSA) is 17.1 Å². The Labute approximate surface area is 217 Å². The Kier molecular flexibility index (Phi) is 7.89. The minimum atomic E-state index is 0.176. The van der Waals surface area contributed by atoms with Crippen LogP contribution in [0.4, 0.5) is 0 Å². The van der Waals surface area contributed by atoms with Crippen LogP contribution in [-0.4, -0.2) is 5.78 Å². The lowest BCUT2D eigenvalue weighted by atomic mass is 9.81. The standard InChI is InChI=1S/C35H38O/c1-23(2)29-20-31(24(3)4)34(32(21-29)25(5)6)22-35(36)30-18-17-28(26-13-9-7-10-14-26)19-33(30)27-15-11-8-12-16-27/h7-21,23-25H,22H2,1-6H3. The van der Waals surface area contributed by atoms with E-state index in [1.165, 1.54) is 22.3 Å². The van der Waals surface area contributed by atoms with Crippen molar-refractivity contribution in [2.24, 2.45) is 0 Å². The normalized spacial score (nSPS) is 11.5. The van der Waals surface area contributed by atoms with Crippen molar-refractivity contribution in [1.29, 1.82) is 0 Å². The highest BCUT2D eigenvalue weighted by atomic mass is 16.1. The molecule has 4 rings (SSSR count). The fourth-order valence-corrected chi connectivity index (χ4v) is 5.02. The zero-order valence-corrected chi connectivity index (χ0v) is 22.5. The van der Waals surface area contributed by atoms with Crippen molar-refractivity contribution in [3.05, 3.63) is 119 Å². The third-order valence-corrected chi connectivity index (χ3v) is 7.10. The van der Waals surface area contributed by atoms with E-state index in [9.17, 15) is 4.79 Å². The van der Waals surface area contributed by atoms with Crippen LogP contribution in [0, 0.1) is 0 Å². The van der Waals surface area contributed by atoms with E-state index in [2.05, 4.69) is 102 Å². The Hall–Kier alpha value is -3.45. The van der Waals surface area contributed by atoms with Crippen LogP contribution in [-0.2, 0) is 6.42 Å². The molecule has 0 aliphatic heterocycles. The van der Waals surface area contributed by atoms with Crippen LogP contribution in [0.3, 0.4) is 0 Å². The molecule has 0 radical (unpaired) electrons. The molecule has 0 aliphatic rings. The van der Waals surface area contributed by atoms with Gasteiger partial charge in [0.2, 0.25) is 0 Å². The van der Waals surface area contributed by atoms with E-state index in [1.54, 1.807) is 0 Å². The number of carbonyl (C=O) groups is 1. The molecule has 0 spiro atoms. The van der Waals surface area contributed by atoms with Crippen molar-refractivity contribution in [2.75, 3.05) is 0 Å². The number of Topliss-reactive ketones (excluding diaryl/α,β-unsaturated/α-hetero) is 1. The van der Waals surface area contributed by atoms with Crippen molar-refractivity contribution >= 4 is 5.78 Å². The van der Waals surface area contributed by atoms with Crippen LogP contribution in [0.5, 0.6) is 0 Å². The first kappa shape index (κ1) is 25.6. The molecular weight excluding hydrogens is 436 g/mol. The predicted molar refractivity (Wildman–Crippen MR) is 154 cm³/mol. The number of benzene rings is 4. The van der Waals surface area contributed by atoms with Crippen LogP contribution < -0.4 is 0 Å². The molecule has 1 heteroatoms. The molecule has 0 atom stereocenters. The highest BCUT2D eigenvalue weighted by Crippen LogP contribution is 2.35. The van der Waals surface area contributed by atoms with Gasteiger partial charge < -0.3 is 0 Å². The van der Waals surface area contributed by atoms with Crippen molar-refractivity contribution < 1.29 is 4.79 Å². The molecule has 0 unspecified atom stereocenters. The number of ketones is 1. The average Bonchev–Trinajstić information content (AvgIpc) is 2.89. The largest absolute Gasteiger partial charge is 0.294 e. The molecule has 0 saturated carbocycles. The van der Waals surface area contributed by atoms with Gasteiger partial charge in [-0.15, -0.1) is 0 Å². The number of hydrogen-bond acceptors (Lipinski definition) is 1. The molecule has 4 aromatic rings. The minimum Gasteiger partial charge on any atom is -0.294 e. The van der Waals surface area contributed by atoms with E-state index in [4.69, 9.17) is 0 Å². The van der Waals surface area contributed by atoms with Gasteiger partial charge in [-0.3, -0.25) is 4.79 Å². The molecule has 0 amide bonds. The summed E-state index contributed by atoms with van der Waals surface area (Å²) in [5.41, 5.74) is 10.3. The van der Waals surface area contributed by atoms with Gasteiger partial charge in [0.25, 0.3) is 0 Å². The Morgan fingerprint density at radius 1 is 0.583 bits per heavy atom. The highest BCUT2D eigenvalue weighted by molar-refractivity contribution is 6.04. The molecule has 0 saturated heterocycles. The fraction of sp³-hybridized carbons (Fsp3) is 0.286. The second-order valence-corrected chi connectivity index (χ2v) is 10.7. The van der Waals surface area contributed by atoms with E-state index >= 15 is 0 Å². The van der Waals surface area contributed by atoms with Gasteiger partial charge in [-0.25, -0.2) is 0 Å². The van der Waals surface area contributed by atoms with Crippen molar-refractivity contribution in [3.8, 4) is 22.3 Å². The Balaban J connectivity index is 1.83. The summed E-state index contributed by atoms with van der Waals surface area (Å²) in [6.07, 6.45) is 0.421. The predicted octanol–water partition coefficient (Wildman–Crippen LogP) is 9.82. The van der Waals surface area contributed by atoms with Gasteiger partial charge in [-0.05, 0) is 68.3 Å². The molecule has 1 nitrogen and oxygen atoms in total. The summed E-state index contributed by atoms with van der Waals surface area (Å²) in [6.45, 7) is 13.4. The Morgan fingerprint density at radius 3 is 1.61 bits per heavy atom. The summed E-state index contributed by atoms with van der Waals surface area (Å²) in [4.78, 5) is 14.0. The quantitative estimate of drug-likeness (QED) is 0.232. The van der Waals surface area contributed by atoms with Crippen molar-refractivity contribution in [1.82, 2.24) is 0 Å². The van der Waals surface area contributed by atoms with Gasteiger partial charge >= 0.3 is 0 Å². The molecular formula is C35H38O. The third-order valence-electron chi connectivity index (χ3n) is 7.10. The Bertz CT molecular complexity index is 1300. The molecule has 4 aromatic carbocycles. The van der Waals surface area contributed by atoms with Gasteiger partial charge in [0.15, 0.2) is 5.78 Å². The van der Waals surface area contributed by atoms with Gasteiger partial charge in [0, 0.05) is 12.0 Å². The van der Waals surface area contributed by atoms with Gasteiger partial charge in [0.1, 0.15) is 0 Å². The molecule has 0 fully saturated rings. The molecule has 0 bridgehead atoms. The summed E-state index contributed by atoms with van der Waals surface area (Å²) in [7, 11) is 0. The second-order valence-electron chi connectivity index (χ2n) is 10.7. The lowest BCUT2D eigenvalue weighted by molar-refractivity contribution is 0.0993. The minimum absolute atomic E-state index is 0.176. The van der Waals surface area contributed by atoms with Crippen LogP contribution >= 0.6 is 0 Å². The molecule has 0 aliphatic carbocycles. The highest BCUT2D eigenvalue weighted by Gasteiger charge is 2.22. The first-order valence-electron chi connectivity index (χ1n) is 13.2. The second kappa shape index (κ2) is 11.1. The van der Waals surface area contributed by atoms with Crippen LogP contribution in [0.15, 0.2) is 91.0 Å². The summed E-state index contributed by atoms with van der Waals surface area (Å²) < 4.78 is 0. The van der Waals surface area contributed by atoms with E-state index in [0.717, 1.165) is 27.8 Å². The molecule has 0 N–H and O–H groups in total. The molecule has 184 valence electrons. The summed E-state index contributed by atoms with van der Waals surface area (Å²) in [6, 6.07) is 31.6. The fourth-order valence-electron chi connectivity index (χ4n) is 5.02. The average molecular weight is 475 g/mol. The van der Waals surface area contributed by atoms with E-state index < -0.39 is 0 Å². The van der Waals surface area contributed by atoms with Crippen LogP contribution in [0.2, 0.25) is 0 Å². The summed E-state index contributed by atoms with van der Waals surface area (Å²) in [5, 5.41) is 0. The SMILES string of the molecule is CC(C)c1cc(C(C)C)c(CC(=O)c2ccc(-c3ccccc3)cc2-c2ccccc2)c(C(C)C)c1. The first-order chi connectivity index (χ1) is 17.3.